The zero-order valence-electron chi connectivity index (χ0n) is 16.3. The first kappa shape index (κ1) is 23.0. The number of guanidine groups is 1. The molecule has 1 aliphatic heterocycles. The van der Waals surface area contributed by atoms with Gasteiger partial charge in [0, 0.05) is 38.2 Å². The van der Waals surface area contributed by atoms with Crippen molar-refractivity contribution < 1.29 is 9.15 Å². The van der Waals surface area contributed by atoms with Gasteiger partial charge in [-0.3, -0.25) is 9.89 Å². The van der Waals surface area contributed by atoms with Gasteiger partial charge in [0.05, 0.1) is 19.3 Å². The minimum absolute atomic E-state index is 0. The molecule has 28 heavy (non-hydrogen) atoms. The van der Waals surface area contributed by atoms with Crippen LogP contribution in [0.5, 0.6) is 0 Å². The second-order valence-corrected chi connectivity index (χ2v) is 6.92. The van der Waals surface area contributed by atoms with Crippen LogP contribution >= 0.6 is 35.6 Å². The summed E-state index contributed by atoms with van der Waals surface area (Å²) in [6.45, 7) is 6.54. The van der Waals surface area contributed by atoms with E-state index in [1.54, 1.807) is 7.05 Å². The molecule has 0 saturated carbocycles. The number of nitrogens with zero attached hydrogens (tertiary/aromatic N) is 2. The Labute approximate surface area is 188 Å². The lowest BCUT2D eigenvalue weighted by molar-refractivity contribution is 0.0124. The van der Waals surface area contributed by atoms with Gasteiger partial charge in [0.1, 0.15) is 11.5 Å². The van der Waals surface area contributed by atoms with Crippen LogP contribution in [0.15, 0.2) is 45.8 Å². The summed E-state index contributed by atoms with van der Waals surface area (Å²) in [5.41, 5.74) is 1.04. The summed E-state index contributed by atoms with van der Waals surface area (Å²) in [5, 5.41) is 7.49. The molecule has 8 heteroatoms. The Balaban J connectivity index is 0.00000280. The number of halogens is 2. The number of rotatable bonds is 6. The number of nitrogens with one attached hydrogen (secondary N) is 2. The molecule has 154 valence electrons. The fourth-order valence-electron chi connectivity index (χ4n) is 3.17. The molecular weight excluding hydrogens is 491 g/mol. The molecule has 1 atom stereocenters. The Hall–Kier alpha value is -1.29. The first-order chi connectivity index (χ1) is 13.2. The molecule has 2 heterocycles. The fraction of sp³-hybridized carbons (Fsp3) is 0.450. The van der Waals surface area contributed by atoms with Crippen LogP contribution in [-0.4, -0.2) is 50.8 Å². The van der Waals surface area contributed by atoms with Gasteiger partial charge in [-0.2, -0.15) is 0 Å². The summed E-state index contributed by atoms with van der Waals surface area (Å²) in [5.74, 6) is 2.62. The molecule has 0 aliphatic carbocycles. The molecule has 1 aliphatic rings. The Kier molecular flexibility index (Phi) is 9.57. The van der Waals surface area contributed by atoms with Crippen molar-refractivity contribution in [3.05, 3.63) is 58.5 Å². The van der Waals surface area contributed by atoms with Crippen molar-refractivity contribution in [2.45, 2.75) is 19.5 Å². The van der Waals surface area contributed by atoms with Gasteiger partial charge in [0.25, 0.3) is 0 Å². The quantitative estimate of drug-likeness (QED) is 0.348. The van der Waals surface area contributed by atoms with Gasteiger partial charge in [0.2, 0.25) is 0 Å². The Bertz CT molecular complexity index is 762. The summed E-state index contributed by atoms with van der Waals surface area (Å²) in [7, 11) is 1.77. The maximum Gasteiger partial charge on any atom is 0.191 e. The molecule has 0 radical (unpaired) electrons. The molecule has 2 aromatic rings. The molecule has 2 N–H and O–H groups in total. The van der Waals surface area contributed by atoms with Gasteiger partial charge in [-0.15, -0.1) is 24.0 Å². The van der Waals surface area contributed by atoms with Crippen molar-refractivity contribution in [2.75, 3.05) is 39.9 Å². The molecular formula is C20H28ClIN4O2. The normalized spacial score (nSPS) is 16.3. The van der Waals surface area contributed by atoms with Crippen LogP contribution in [0.2, 0.25) is 5.02 Å². The molecule has 1 unspecified atom stereocenters. The van der Waals surface area contributed by atoms with Gasteiger partial charge in [-0.05, 0) is 30.7 Å². The van der Waals surface area contributed by atoms with Crippen LogP contribution in [0.25, 0.3) is 0 Å². The van der Waals surface area contributed by atoms with Crippen molar-refractivity contribution in [2.24, 2.45) is 4.99 Å². The standard InChI is InChI=1S/C20H27ClN4O2.HI/c1-15-7-8-19(27-15)18(25-9-11-26-12-10-25)14-24-20(22-2)23-13-16-5-3-4-6-17(16)21;/h3-8,18H,9-14H2,1-2H3,(H2,22,23,24);1H. The van der Waals surface area contributed by atoms with Gasteiger partial charge in [-0.1, -0.05) is 29.8 Å². The van der Waals surface area contributed by atoms with E-state index >= 15 is 0 Å². The van der Waals surface area contributed by atoms with E-state index in [2.05, 4.69) is 26.6 Å². The summed E-state index contributed by atoms with van der Waals surface area (Å²) in [6.07, 6.45) is 0. The average molecular weight is 519 g/mol. The second kappa shape index (κ2) is 11.6. The number of hydrogen-bond donors (Lipinski definition) is 2. The lowest BCUT2D eigenvalue weighted by Crippen LogP contribution is -2.46. The third kappa shape index (κ3) is 6.37. The molecule has 0 amide bonds. The lowest BCUT2D eigenvalue weighted by atomic mass is 10.1. The van der Waals surface area contributed by atoms with Gasteiger partial charge >= 0.3 is 0 Å². The van der Waals surface area contributed by atoms with E-state index in [9.17, 15) is 0 Å². The van der Waals surface area contributed by atoms with Crippen molar-refractivity contribution in [3.63, 3.8) is 0 Å². The van der Waals surface area contributed by atoms with Crippen molar-refractivity contribution in [1.82, 2.24) is 15.5 Å². The number of morpholine rings is 1. The summed E-state index contributed by atoms with van der Waals surface area (Å²) >= 11 is 6.23. The Morgan fingerprint density at radius 2 is 1.93 bits per heavy atom. The summed E-state index contributed by atoms with van der Waals surface area (Å²) in [6, 6.07) is 12.0. The molecule has 0 spiro atoms. The van der Waals surface area contributed by atoms with Crippen molar-refractivity contribution >= 4 is 41.5 Å². The second-order valence-electron chi connectivity index (χ2n) is 6.51. The van der Waals surface area contributed by atoms with Crippen molar-refractivity contribution in [3.8, 4) is 0 Å². The molecule has 1 aromatic carbocycles. The number of hydrogen-bond acceptors (Lipinski definition) is 4. The number of aliphatic imine (C=N–C) groups is 1. The predicted molar refractivity (Wildman–Crippen MR) is 124 cm³/mol. The van der Waals surface area contributed by atoms with Gasteiger partial charge < -0.3 is 19.8 Å². The minimum atomic E-state index is 0. The first-order valence-corrected chi connectivity index (χ1v) is 9.61. The van der Waals surface area contributed by atoms with Crippen molar-refractivity contribution in [1.29, 1.82) is 0 Å². The highest BCUT2D eigenvalue weighted by Crippen LogP contribution is 2.23. The van der Waals surface area contributed by atoms with Crippen LogP contribution in [0.3, 0.4) is 0 Å². The molecule has 6 nitrogen and oxygen atoms in total. The van der Waals surface area contributed by atoms with E-state index in [0.29, 0.717) is 13.1 Å². The lowest BCUT2D eigenvalue weighted by Gasteiger charge is -2.33. The summed E-state index contributed by atoms with van der Waals surface area (Å²) in [4.78, 5) is 6.71. The third-order valence-corrected chi connectivity index (χ3v) is 5.04. The van der Waals surface area contributed by atoms with E-state index in [1.807, 2.05) is 37.3 Å². The van der Waals surface area contributed by atoms with Gasteiger partial charge in [-0.25, -0.2) is 0 Å². The first-order valence-electron chi connectivity index (χ1n) is 9.23. The predicted octanol–water partition coefficient (Wildman–Crippen LogP) is 3.60. The van der Waals surface area contributed by atoms with Crippen LogP contribution in [0, 0.1) is 6.92 Å². The number of furan rings is 1. The van der Waals surface area contributed by atoms with E-state index in [1.165, 1.54) is 0 Å². The zero-order chi connectivity index (χ0) is 19.1. The fourth-order valence-corrected chi connectivity index (χ4v) is 3.37. The molecule has 0 bridgehead atoms. The Morgan fingerprint density at radius 3 is 2.57 bits per heavy atom. The van der Waals surface area contributed by atoms with E-state index < -0.39 is 0 Å². The maximum absolute atomic E-state index is 6.23. The molecule has 3 rings (SSSR count). The smallest absolute Gasteiger partial charge is 0.191 e. The minimum Gasteiger partial charge on any atom is -0.465 e. The van der Waals surface area contributed by atoms with Gasteiger partial charge in [0.15, 0.2) is 5.96 Å². The topological polar surface area (TPSA) is 62.0 Å². The Morgan fingerprint density at radius 1 is 1.18 bits per heavy atom. The molecule has 1 aromatic heterocycles. The largest absolute Gasteiger partial charge is 0.465 e. The van der Waals surface area contributed by atoms with Crippen LogP contribution < -0.4 is 10.6 Å². The SMILES string of the molecule is CN=C(NCc1ccccc1Cl)NCC(c1ccc(C)o1)N1CCOCC1.I. The molecule has 1 saturated heterocycles. The van der Waals surface area contributed by atoms with Crippen LogP contribution in [-0.2, 0) is 11.3 Å². The number of ether oxygens (including phenoxy) is 1. The summed E-state index contributed by atoms with van der Waals surface area (Å²) < 4.78 is 11.4. The third-order valence-electron chi connectivity index (χ3n) is 4.67. The highest BCUT2D eigenvalue weighted by molar-refractivity contribution is 14.0. The number of benzene rings is 1. The van der Waals surface area contributed by atoms with Crippen LogP contribution in [0.1, 0.15) is 23.1 Å². The highest BCUT2D eigenvalue weighted by atomic mass is 127. The molecule has 1 fully saturated rings. The van der Waals surface area contributed by atoms with E-state index in [0.717, 1.165) is 54.4 Å². The van der Waals surface area contributed by atoms with E-state index in [-0.39, 0.29) is 30.0 Å². The number of aryl methyl sites for hydroxylation is 1. The zero-order valence-corrected chi connectivity index (χ0v) is 19.4. The van der Waals surface area contributed by atoms with Crippen LogP contribution in [0.4, 0.5) is 0 Å². The maximum atomic E-state index is 6.23. The highest BCUT2D eigenvalue weighted by Gasteiger charge is 2.25. The van der Waals surface area contributed by atoms with E-state index in [4.69, 9.17) is 20.8 Å². The monoisotopic (exact) mass is 518 g/mol. The average Bonchev–Trinajstić information content (AvgIpc) is 3.12.